The molecule has 1 N–H and O–H groups in total. The molecule has 3 rings (SSSR count). The molecular formula is C18H18O3. The third-order valence-electron chi connectivity index (χ3n) is 4.61. The molecule has 3 heteroatoms. The van der Waals surface area contributed by atoms with Crippen LogP contribution in [0.15, 0.2) is 54.6 Å². The Hall–Kier alpha value is -2.29. The molecule has 0 aromatic heterocycles. The Balaban J connectivity index is 2.02. The molecule has 1 saturated carbocycles. The molecule has 0 bridgehead atoms. The first-order valence-corrected chi connectivity index (χ1v) is 7.11. The number of hydrogen-bond donors (Lipinski definition) is 1. The van der Waals surface area contributed by atoms with Crippen molar-refractivity contribution in [2.45, 2.75) is 24.2 Å². The highest BCUT2D eigenvalue weighted by molar-refractivity contribution is 5.84. The molecule has 2 aromatic carbocycles. The molecule has 0 radical (unpaired) electrons. The number of carbonyl (C=O) groups is 1. The third-order valence-corrected chi connectivity index (χ3v) is 4.61. The Morgan fingerprint density at radius 2 is 1.81 bits per heavy atom. The van der Waals surface area contributed by atoms with E-state index in [9.17, 15) is 9.90 Å². The van der Waals surface area contributed by atoms with E-state index in [0.717, 1.165) is 23.3 Å². The van der Waals surface area contributed by atoms with Gasteiger partial charge >= 0.3 is 5.97 Å². The van der Waals surface area contributed by atoms with E-state index in [0.29, 0.717) is 6.42 Å². The normalized spacial score (nSPS) is 24.1. The molecule has 2 aromatic rings. The standard InChI is InChI=1S/C18H18O3/c1-21-15-9-7-14(8-10-15)18(17(19)20)12-11-16(18)13-5-3-2-4-6-13/h2-10,16H,11-12H2,1H3,(H,19,20). The Morgan fingerprint density at radius 3 is 2.29 bits per heavy atom. The number of hydrogen-bond acceptors (Lipinski definition) is 2. The summed E-state index contributed by atoms with van der Waals surface area (Å²) in [6.07, 6.45) is 1.58. The molecule has 0 spiro atoms. The number of carboxylic acid groups (broad SMARTS) is 1. The predicted molar refractivity (Wildman–Crippen MR) is 80.7 cm³/mol. The van der Waals surface area contributed by atoms with Gasteiger partial charge in [0, 0.05) is 5.92 Å². The molecule has 2 atom stereocenters. The van der Waals surface area contributed by atoms with Crippen LogP contribution in [0.4, 0.5) is 0 Å². The Kier molecular flexibility index (Phi) is 3.42. The summed E-state index contributed by atoms with van der Waals surface area (Å²) in [5.41, 5.74) is 1.14. The summed E-state index contributed by atoms with van der Waals surface area (Å²) >= 11 is 0. The van der Waals surface area contributed by atoms with Crippen molar-refractivity contribution in [2.75, 3.05) is 7.11 Å². The van der Waals surface area contributed by atoms with Crippen LogP contribution < -0.4 is 4.74 Å². The first-order chi connectivity index (χ1) is 10.2. The molecule has 1 aliphatic carbocycles. The number of methoxy groups -OCH3 is 1. The first kappa shape index (κ1) is 13.7. The van der Waals surface area contributed by atoms with Crippen LogP contribution in [-0.4, -0.2) is 18.2 Å². The summed E-state index contributed by atoms with van der Waals surface area (Å²) < 4.78 is 5.16. The van der Waals surface area contributed by atoms with Crippen LogP contribution >= 0.6 is 0 Å². The van der Waals surface area contributed by atoms with E-state index < -0.39 is 11.4 Å². The van der Waals surface area contributed by atoms with Crippen molar-refractivity contribution >= 4 is 5.97 Å². The van der Waals surface area contributed by atoms with Gasteiger partial charge in [-0.3, -0.25) is 4.79 Å². The van der Waals surface area contributed by atoms with E-state index in [-0.39, 0.29) is 5.92 Å². The number of carboxylic acids is 1. The first-order valence-electron chi connectivity index (χ1n) is 7.11. The number of benzene rings is 2. The van der Waals surface area contributed by atoms with Crippen molar-refractivity contribution in [2.24, 2.45) is 0 Å². The smallest absolute Gasteiger partial charge is 0.314 e. The van der Waals surface area contributed by atoms with E-state index in [2.05, 4.69) is 0 Å². The average molecular weight is 282 g/mol. The van der Waals surface area contributed by atoms with Gasteiger partial charge in [0.25, 0.3) is 0 Å². The van der Waals surface area contributed by atoms with E-state index >= 15 is 0 Å². The molecule has 0 heterocycles. The van der Waals surface area contributed by atoms with Crippen LogP contribution in [0.25, 0.3) is 0 Å². The highest BCUT2D eigenvalue weighted by Gasteiger charge is 2.54. The van der Waals surface area contributed by atoms with Gasteiger partial charge in [-0.05, 0) is 36.1 Å². The second-order valence-corrected chi connectivity index (χ2v) is 5.51. The van der Waals surface area contributed by atoms with E-state index in [4.69, 9.17) is 4.74 Å². The minimum absolute atomic E-state index is 0.0320. The second-order valence-electron chi connectivity index (χ2n) is 5.51. The topological polar surface area (TPSA) is 46.5 Å². The van der Waals surface area contributed by atoms with Gasteiger partial charge in [0.2, 0.25) is 0 Å². The lowest BCUT2D eigenvalue weighted by Crippen LogP contribution is -2.49. The average Bonchev–Trinajstić information content (AvgIpc) is 2.48. The molecule has 0 saturated heterocycles. The molecule has 0 aliphatic heterocycles. The molecule has 108 valence electrons. The van der Waals surface area contributed by atoms with Gasteiger partial charge in [-0.1, -0.05) is 42.5 Å². The minimum Gasteiger partial charge on any atom is -0.497 e. The lowest BCUT2D eigenvalue weighted by atomic mass is 9.54. The van der Waals surface area contributed by atoms with Gasteiger partial charge in [-0.25, -0.2) is 0 Å². The Bertz CT molecular complexity index is 633. The fraction of sp³-hybridized carbons (Fsp3) is 0.278. The van der Waals surface area contributed by atoms with Gasteiger partial charge in [0.05, 0.1) is 12.5 Å². The molecule has 2 unspecified atom stereocenters. The van der Waals surface area contributed by atoms with Crippen molar-refractivity contribution in [1.82, 2.24) is 0 Å². The lowest BCUT2D eigenvalue weighted by Gasteiger charge is -2.47. The van der Waals surface area contributed by atoms with E-state index in [1.54, 1.807) is 7.11 Å². The zero-order valence-electron chi connectivity index (χ0n) is 12.0. The van der Waals surface area contributed by atoms with Crippen molar-refractivity contribution in [3.63, 3.8) is 0 Å². The summed E-state index contributed by atoms with van der Waals surface area (Å²) in [6.45, 7) is 0. The van der Waals surface area contributed by atoms with Crippen LogP contribution in [0.3, 0.4) is 0 Å². The summed E-state index contributed by atoms with van der Waals surface area (Å²) in [4.78, 5) is 12.0. The van der Waals surface area contributed by atoms with Crippen LogP contribution in [0.2, 0.25) is 0 Å². The highest BCUT2D eigenvalue weighted by Crippen LogP contribution is 2.54. The summed E-state index contributed by atoms with van der Waals surface area (Å²) in [5.74, 6) is 0.0345. The number of rotatable bonds is 4. The number of aliphatic carboxylic acids is 1. The molecule has 1 aliphatic rings. The quantitative estimate of drug-likeness (QED) is 0.932. The highest BCUT2D eigenvalue weighted by atomic mass is 16.5. The molecule has 21 heavy (non-hydrogen) atoms. The van der Waals surface area contributed by atoms with Gasteiger partial charge in [-0.15, -0.1) is 0 Å². The SMILES string of the molecule is COc1ccc(C2(C(=O)O)CCC2c2ccccc2)cc1. The second kappa shape index (κ2) is 5.24. The maximum absolute atomic E-state index is 12.0. The maximum atomic E-state index is 12.0. The third kappa shape index (κ3) is 2.09. The summed E-state index contributed by atoms with van der Waals surface area (Å²) in [6, 6.07) is 17.3. The largest absolute Gasteiger partial charge is 0.497 e. The fourth-order valence-electron chi connectivity index (χ4n) is 3.33. The van der Waals surface area contributed by atoms with E-state index in [1.165, 1.54) is 0 Å². The minimum atomic E-state index is -0.812. The van der Waals surface area contributed by atoms with Gasteiger partial charge in [0.15, 0.2) is 0 Å². The van der Waals surface area contributed by atoms with Crippen molar-refractivity contribution in [1.29, 1.82) is 0 Å². The fourth-order valence-corrected chi connectivity index (χ4v) is 3.33. The predicted octanol–water partition coefficient (Wildman–Crippen LogP) is 3.60. The zero-order valence-corrected chi connectivity index (χ0v) is 12.0. The van der Waals surface area contributed by atoms with E-state index in [1.807, 2.05) is 54.6 Å². The molecule has 0 amide bonds. The lowest BCUT2D eigenvalue weighted by molar-refractivity contribution is -0.148. The zero-order chi connectivity index (χ0) is 14.9. The van der Waals surface area contributed by atoms with Crippen LogP contribution in [0.1, 0.15) is 29.9 Å². The van der Waals surface area contributed by atoms with Gasteiger partial charge < -0.3 is 9.84 Å². The monoisotopic (exact) mass is 282 g/mol. The maximum Gasteiger partial charge on any atom is 0.314 e. The van der Waals surface area contributed by atoms with Crippen LogP contribution in [0, 0.1) is 0 Å². The number of ether oxygens (including phenoxy) is 1. The van der Waals surface area contributed by atoms with Gasteiger partial charge in [-0.2, -0.15) is 0 Å². The Labute approximate surface area is 124 Å². The van der Waals surface area contributed by atoms with Crippen molar-refractivity contribution < 1.29 is 14.6 Å². The van der Waals surface area contributed by atoms with Crippen LogP contribution in [-0.2, 0) is 10.2 Å². The molecular weight excluding hydrogens is 264 g/mol. The summed E-state index contributed by atoms with van der Waals surface area (Å²) in [7, 11) is 1.61. The van der Waals surface area contributed by atoms with Crippen molar-refractivity contribution in [3.8, 4) is 5.75 Å². The Morgan fingerprint density at radius 1 is 1.14 bits per heavy atom. The molecule has 1 fully saturated rings. The van der Waals surface area contributed by atoms with Crippen LogP contribution in [0.5, 0.6) is 5.75 Å². The molecule has 3 nitrogen and oxygen atoms in total. The summed E-state index contributed by atoms with van der Waals surface area (Å²) in [5, 5.41) is 9.86. The van der Waals surface area contributed by atoms with Gasteiger partial charge in [0.1, 0.15) is 5.75 Å². The van der Waals surface area contributed by atoms with Crippen molar-refractivity contribution in [3.05, 3.63) is 65.7 Å².